The fraction of sp³-hybridized carbons (Fsp3) is 0.375. The molecular formula is C8H14N4. The lowest BCUT2D eigenvalue weighted by atomic mass is 10.3. The maximum absolute atomic E-state index is 4.04. The van der Waals surface area contributed by atoms with Gasteiger partial charge in [0.1, 0.15) is 5.52 Å². The average molecular weight is 166 g/mol. The van der Waals surface area contributed by atoms with Crippen molar-refractivity contribution in [3.63, 3.8) is 0 Å². The highest BCUT2D eigenvalue weighted by molar-refractivity contribution is 5.68. The van der Waals surface area contributed by atoms with Crippen LogP contribution in [0.5, 0.6) is 0 Å². The van der Waals surface area contributed by atoms with Crippen molar-refractivity contribution in [1.29, 1.82) is 0 Å². The van der Waals surface area contributed by atoms with Gasteiger partial charge in [-0.1, -0.05) is 13.8 Å². The molecule has 0 aliphatic rings. The molecule has 0 aliphatic carbocycles. The first-order valence-electron chi connectivity index (χ1n) is 3.99. The Labute approximate surface area is 72.5 Å². The van der Waals surface area contributed by atoms with Gasteiger partial charge in [-0.3, -0.25) is 0 Å². The van der Waals surface area contributed by atoms with Gasteiger partial charge in [0.25, 0.3) is 0 Å². The first-order valence-corrected chi connectivity index (χ1v) is 3.99. The number of pyridine rings is 1. The second kappa shape index (κ2) is 3.80. The minimum Gasteiger partial charge on any atom is -0.233 e. The first-order chi connectivity index (χ1) is 5.86. The summed E-state index contributed by atoms with van der Waals surface area (Å²) >= 11 is 0. The molecule has 1 N–H and O–H groups in total. The summed E-state index contributed by atoms with van der Waals surface area (Å²) in [6.45, 7) is 5.97. The van der Waals surface area contributed by atoms with Crippen molar-refractivity contribution in [2.45, 2.75) is 20.8 Å². The van der Waals surface area contributed by atoms with E-state index in [1.165, 1.54) is 0 Å². The van der Waals surface area contributed by atoms with Gasteiger partial charge in [-0.15, -0.1) is 5.10 Å². The van der Waals surface area contributed by atoms with Crippen LogP contribution in [0.4, 0.5) is 0 Å². The van der Waals surface area contributed by atoms with Gasteiger partial charge in [0, 0.05) is 7.62 Å². The van der Waals surface area contributed by atoms with Crippen molar-refractivity contribution < 1.29 is 1.43 Å². The Morgan fingerprint density at radius 3 is 2.83 bits per heavy atom. The number of aryl methyl sites for hydroxylation is 1. The number of aromatic amines is 1. The summed E-state index contributed by atoms with van der Waals surface area (Å²) in [7, 11) is 0. The monoisotopic (exact) mass is 166 g/mol. The van der Waals surface area contributed by atoms with Crippen molar-refractivity contribution in [2.24, 2.45) is 0 Å². The predicted molar refractivity (Wildman–Crippen MR) is 49.9 cm³/mol. The largest absolute Gasteiger partial charge is 0.233 e. The molecule has 0 fully saturated rings. The maximum Gasteiger partial charge on any atom is 0.201 e. The summed E-state index contributed by atoms with van der Waals surface area (Å²) in [4.78, 5) is 4.04. The second-order valence-corrected chi connectivity index (χ2v) is 2.18. The van der Waals surface area contributed by atoms with Gasteiger partial charge in [-0.2, -0.15) is 10.3 Å². The first kappa shape index (κ1) is 8.64. The van der Waals surface area contributed by atoms with Crippen molar-refractivity contribution in [3.05, 3.63) is 17.8 Å². The van der Waals surface area contributed by atoms with Gasteiger partial charge in [0.15, 0.2) is 0 Å². The lowest BCUT2D eigenvalue weighted by Crippen LogP contribution is -1.77. The number of rotatable bonds is 0. The molecule has 0 unspecified atom stereocenters. The molecule has 66 valence electrons. The van der Waals surface area contributed by atoms with Crippen LogP contribution in [0.25, 0.3) is 11.2 Å². The van der Waals surface area contributed by atoms with Crippen LogP contribution in [0.15, 0.2) is 12.3 Å². The van der Waals surface area contributed by atoms with E-state index in [9.17, 15) is 0 Å². The number of H-pyrrole nitrogens is 1. The second-order valence-electron chi connectivity index (χ2n) is 2.18. The van der Waals surface area contributed by atoms with Crippen molar-refractivity contribution >= 4 is 11.2 Å². The smallest absolute Gasteiger partial charge is 0.201 e. The Bertz CT molecular complexity index is 358. The number of fused-ring (bicyclic) bond motifs is 1. The van der Waals surface area contributed by atoms with E-state index in [1.54, 1.807) is 6.20 Å². The fourth-order valence-electron chi connectivity index (χ4n) is 0.841. The standard InChI is InChI=1S/C6H6N4.C2H6.H2/c1-4-2-5-6(7-3-4)9-10-8-5;1-2;/h2-3H,1H3,(H,7,8,9,10);1-2H3;1H. The topological polar surface area (TPSA) is 54.5 Å². The summed E-state index contributed by atoms with van der Waals surface area (Å²) in [5.74, 6) is 0. The summed E-state index contributed by atoms with van der Waals surface area (Å²) in [6, 6.07) is 1.94. The summed E-state index contributed by atoms with van der Waals surface area (Å²) in [5, 5.41) is 10.2. The van der Waals surface area contributed by atoms with Gasteiger partial charge in [-0.05, 0) is 18.6 Å². The molecule has 0 saturated carbocycles. The zero-order valence-corrected chi connectivity index (χ0v) is 7.50. The molecule has 12 heavy (non-hydrogen) atoms. The Morgan fingerprint density at radius 1 is 1.33 bits per heavy atom. The zero-order valence-electron chi connectivity index (χ0n) is 7.50. The number of hydrogen-bond acceptors (Lipinski definition) is 3. The summed E-state index contributed by atoms with van der Waals surface area (Å²) in [6.07, 6.45) is 1.77. The molecule has 4 nitrogen and oxygen atoms in total. The molecule has 4 heteroatoms. The van der Waals surface area contributed by atoms with E-state index in [4.69, 9.17) is 0 Å². The summed E-state index contributed by atoms with van der Waals surface area (Å²) < 4.78 is 0. The highest BCUT2D eigenvalue weighted by atomic mass is 15.3. The van der Waals surface area contributed by atoms with Crippen LogP contribution >= 0.6 is 0 Å². The van der Waals surface area contributed by atoms with Crippen molar-refractivity contribution in [2.75, 3.05) is 0 Å². The van der Waals surface area contributed by atoms with E-state index >= 15 is 0 Å². The van der Waals surface area contributed by atoms with E-state index in [-0.39, 0.29) is 1.43 Å². The molecular weight excluding hydrogens is 152 g/mol. The zero-order chi connectivity index (χ0) is 8.97. The van der Waals surface area contributed by atoms with Crippen LogP contribution in [0, 0.1) is 6.92 Å². The van der Waals surface area contributed by atoms with E-state index in [1.807, 2.05) is 26.8 Å². The molecule has 0 radical (unpaired) electrons. The van der Waals surface area contributed by atoms with E-state index in [0.29, 0.717) is 5.65 Å². The quantitative estimate of drug-likeness (QED) is 0.650. The average Bonchev–Trinajstić information content (AvgIpc) is 2.54. The van der Waals surface area contributed by atoms with Gasteiger partial charge in [0.05, 0.1) is 0 Å². The van der Waals surface area contributed by atoms with Crippen LogP contribution in [0.3, 0.4) is 0 Å². The SMILES string of the molecule is CC.Cc1cnc2n[nH]nc2c1.[HH]. The molecule has 2 heterocycles. The summed E-state index contributed by atoms with van der Waals surface area (Å²) in [5.41, 5.74) is 2.59. The Balaban J connectivity index is 0.000000451. The lowest BCUT2D eigenvalue weighted by Gasteiger charge is -1.86. The van der Waals surface area contributed by atoms with Gasteiger partial charge in [-0.25, -0.2) is 4.98 Å². The molecule has 0 aromatic carbocycles. The van der Waals surface area contributed by atoms with Crippen molar-refractivity contribution in [1.82, 2.24) is 20.4 Å². The van der Waals surface area contributed by atoms with Crippen molar-refractivity contribution in [3.8, 4) is 0 Å². The van der Waals surface area contributed by atoms with E-state index < -0.39 is 0 Å². The van der Waals surface area contributed by atoms with E-state index in [0.717, 1.165) is 11.1 Å². The number of aromatic nitrogens is 4. The third kappa shape index (κ3) is 1.58. The molecule has 0 spiro atoms. The van der Waals surface area contributed by atoms with Crippen LogP contribution in [-0.2, 0) is 0 Å². The normalized spacial score (nSPS) is 9.25. The molecule has 2 rings (SSSR count). The predicted octanol–water partition coefficient (Wildman–Crippen LogP) is 1.93. The number of nitrogens with zero attached hydrogens (tertiary/aromatic N) is 3. The highest BCUT2D eigenvalue weighted by Crippen LogP contribution is 2.04. The molecule has 0 bridgehead atoms. The number of nitrogens with one attached hydrogen (secondary N) is 1. The van der Waals surface area contributed by atoms with E-state index in [2.05, 4.69) is 20.4 Å². The fourth-order valence-corrected chi connectivity index (χ4v) is 0.841. The van der Waals surface area contributed by atoms with Gasteiger partial charge >= 0.3 is 0 Å². The number of hydrogen-bond donors (Lipinski definition) is 1. The van der Waals surface area contributed by atoms with Gasteiger partial charge in [0.2, 0.25) is 5.65 Å². The minimum absolute atomic E-state index is 0. The van der Waals surface area contributed by atoms with Gasteiger partial charge < -0.3 is 0 Å². The molecule has 0 saturated heterocycles. The molecule has 2 aromatic heterocycles. The maximum atomic E-state index is 4.04. The molecule has 0 aliphatic heterocycles. The molecule has 0 amide bonds. The third-order valence-corrected chi connectivity index (χ3v) is 1.31. The lowest BCUT2D eigenvalue weighted by molar-refractivity contribution is 0.954. The van der Waals surface area contributed by atoms with Crippen LogP contribution in [0.1, 0.15) is 20.8 Å². The Kier molecular flexibility index (Phi) is 2.74. The Morgan fingerprint density at radius 2 is 2.08 bits per heavy atom. The van der Waals surface area contributed by atoms with Crippen LogP contribution in [0.2, 0.25) is 0 Å². The van der Waals surface area contributed by atoms with Crippen LogP contribution in [-0.4, -0.2) is 20.4 Å². The minimum atomic E-state index is 0. The molecule has 0 atom stereocenters. The Hall–Kier alpha value is -1.45. The molecule has 2 aromatic rings. The van der Waals surface area contributed by atoms with Crippen LogP contribution < -0.4 is 0 Å². The highest BCUT2D eigenvalue weighted by Gasteiger charge is 1.96. The third-order valence-electron chi connectivity index (χ3n) is 1.31.